The second-order valence-electron chi connectivity index (χ2n) is 17.3. The molecule has 0 spiro atoms. The molecular weight excluding hydrogens is 777 g/mol. The summed E-state index contributed by atoms with van der Waals surface area (Å²) < 4.78 is 7.40. The molecule has 1 aliphatic carbocycles. The molecule has 9 aromatic carbocycles. The summed E-state index contributed by atoms with van der Waals surface area (Å²) in [4.78, 5) is 2.54. The van der Waals surface area contributed by atoms with Crippen LogP contribution in [0.3, 0.4) is 0 Å². The van der Waals surface area contributed by atoms with Crippen molar-refractivity contribution in [1.82, 2.24) is 13.7 Å². The molecule has 4 nitrogen and oxygen atoms in total. The third kappa shape index (κ3) is 4.99. The van der Waals surface area contributed by atoms with Crippen molar-refractivity contribution in [2.75, 3.05) is 4.90 Å². The lowest BCUT2D eigenvalue weighted by Crippen LogP contribution is -2.30. The van der Waals surface area contributed by atoms with Gasteiger partial charge in [-0.2, -0.15) is 0 Å². The van der Waals surface area contributed by atoms with Gasteiger partial charge < -0.3 is 18.6 Å². The predicted molar refractivity (Wildman–Crippen MR) is 268 cm³/mol. The molecule has 300 valence electrons. The molecule has 0 saturated carbocycles. The summed E-state index contributed by atoms with van der Waals surface area (Å²) in [5, 5.41) is 6.33. The minimum Gasteiger partial charge on any atom is -0.333 e. The summed E-state index contributed by atoms with van der Waals surface area (Å²) in [6, 6.07) is 80.3. The summed E-state index contributed by atoms with van der Waals surface area (Å²) in [5.41, 5.74) is 19.8. The highest BCUT2D eigenvalue weighted by Crippen LogP contribution is 2.51. The molecule has 12 aromatic rings. The van der Waals surface area contributed by atoms with E-state index < -0.39 is 0 Å². The fourth-order valence-electron chi connectivity index (χ4n) is 11.2. The second kappa shape index (κ2) is 13.6. The zero-order valence-electron chi connectivity index (χ0n) is 34.9. The summed E-state index contributed by atoms with van der Waals surface area (Å²) >= 11 is 0. The first-order valence-corrected chi connectivity index (χ1v) is 22.3. The SMILES string of the molecule is C1=C2c3ccccc3N(c3ccccc3)C2Cc2c1n(-c1ccc(-c3ccc(-n4c5ccccc5c5ccc6c7ccccc7n(-c7ccccc7)c6c54)cc3)cc1)c1ccccc21. The van der Waals surface area contributed by atoms with Gasteiger partial charge in [0.25, 0.3) is 0 Å². The van der Waals surface area contributed by atoms with Crippen LogP contribution in [0.1, 0.15) is 16.8 Å². The Hall–Kier alpha value is -8.34. The largest absolute Gasteiger partial charge is 0.333 e. The fourth-order valence-corrected chi connectivity index (χ4v) is 11.2. The molecule has 14 rings (SSSR count). The van der Waals surface area contributed by atoms with E-state index in [-0.39, 0.29) is 6.04 Å². The molecule has 4 heteroatoms. The van der Waals surface area contributed by atoms with Crippen LogP contribution >= 0.6 is 0 Å². The van der Waals surface area contributed by atoms with Gasteiger partial charge in [-0.25, -0.2) is 0 Å². The number of fused-ring (bicyclic) bond motifs is 13. The molecule has 1 unspecified atom stereocenters. The lowest BCUT2D eigenvalue weighted by atomic mass is 9.89. The van der Waals surface area contributed by atoms with Gasteiger partial charge in [0.05, 0.1) is 39.3 Å². The Balaban J connectivity index is 0.877. The zero-order valence-corrected chi connectivity index (χ0v) is 34.9. The van der Waals surface area contributed by atoms with Gasteiger partial charge in [0.15, 0.2) is 0 Å². The van der Waals surface area contributed by atoms with Crippen molar-refractivity contribution in [2.24, 2.45) is 0 Å². The fraction of sp³-hybridized carbons (Fsp3) is 0.0333. The van der Waals surface area contributed by atoms with E-state index in [2.05, 4.69) is 243 Å². The van der Waals surface area contributed by atoms with Gasteiger partial charge in [-0.3, -0.25) is 0 Å². The Morgan fingerprint density at radius 3 is 1.39 bits per heavy atom. The van der Waals surface area contributed by atoms with Crippen LogP contribution in [0, 0.1) is 0 Å². The third-order valence-electron chi connectivity index (χ3n) is 14.0. The van der Waals surface area contributed by atoms with Gasteiger partial charge in [0.2, 0.25) is 0 Å². The maximum absolute atomic E-state index is 2.54. The molecule has 0 N–H and O–H groups in total. The van der Waals surface area contributed by atoms with E-state index in [1.165, 1.54) is 105 Å². The zero-order chi connectivity index (χ0) is 41.9. The monoisotopic (exact) mass is 816 g/mol. The Morgan fingerprint density at radius 2 is 0.797 bits per heavy atom. The van der Waals surface area contributed by atoms with Crippen molar-refractivity contribution in [3.05, 3.63) is 235 Å². The lowest BCUT2D eigenvalue weighted by Gasteiger charge is -2.30. The Morgan fingerprint density at radius 1 is 0.344 bits per heavy atom. The van der Waals surface area contributed by atoms with Gasteiger partial charge >= 0.3 is 0 Å². The van der Waals surface area contributed by atoms with E-state index in [1.807, 2.05) is 0 Å². The lowest BCUT2D eigenvalue weighted by molar-refractivity contribution is 0.806. The maximum atomic E-state index is 2.54. The number of aromatic nitrogens is 3. The molecule has 3 aromatic heterocycles. The van der Waals surface area contributed by atoms with Gasteiger partial charge in [0.1, 0.15) is 0 Å². The van der Waals surface area contributed by atoms with Gasteiger partial charge in [0, 0.05) is 67.4 Å². The van der Waals surface area contributed by atoms with Crippen molar-refractivity contribution < 1.29 is 0 Å². The topological polar surface area (TPSA) is 18.0 Å². The van der Waals surface area contributed by atoms with Gasteiger partial charge in [-0.15, -0.1) is 0 Å². The standard InChI is InChI=1S/C60H40N4/c1-3-15-41(16-4-1)61-53-23-11-9-21-47(53)51-38-58-52(37-57(51)61)48-22-10-12-24-54(48)62(58)43-31-27-39(28-32-43)40-29-33-44(34-30-40)64-56-26-14-8-20-46(56)50-36-35-49-45-19-7-13-25-55(45)63(59(49)60(50)64)42-17-5-2-6-18-42/h1-36,38,57H,37H2. The number of nitrogens with zero attached hydrogens (tertiary/aromatic N) is 4. The van der Waals surface area contributed by atoms with Crippen molar-refractivity contribution >= 4 is 77.5 Å². The molecular formula is C60H40N4. The third-order valence-corrected chi connectivity index (χ3v) is 14.0. The highest BCUT2D eigenvalue weighted by Gasteiger charge is 2.39. The van der Waals surface area contributed by atoms with Crippen LogP contribution in [-0.2, 0) is 6.42 Å². The molecule has 2 aliphatic rings. The first-order valence-electron chi connectivity index (χ1n) is 22.3. The second-order valence-corrected chi connectivity index (χ2v) is 17.3. The Labute approximate surface area is 370 Å². The van der Waals surface area contributed by atoms with Crippen molar-refractivity contribution in [2.45, 2.75) is 12.5 Å². The van der Waals surface area contributed by atoms with Gasteiger partial charge in [-0.1, -0.05) is 146 Å². The van der Waals surface area contributed by atoms with E-state index >= 15 is 0 Å². The van der Waals surface area contributed by atoms with Crippen LogP contribution in [0.5, 0.6) is 0 Å². The highest BCUT2D eigenvalue weighted by molar-refractivity contribution is 6.23. The molecule has 4 heterocycles. The highest BCUT2D eigenvalue weighted by atomic mass is 15.2. The van der Waals surface area contributed by atoms with Crippen LogP contribution in [0.2, 0.25) is 0 Å². The first-order chi connectivity index (χ1) is 31.8. The number of rotatable bonds is 5. The van der Waals surface area contributed by atoms with Crippen LogP contribution < -0.4 is 4.90 Å². The number of anilines is 2. The Bertz CT molecular complexity index is 3850. The van der Waals surface area contributed by atoms with Gasteiger partial charge in [-0.05, 0) is 101 Å². The molecule has 1 aliphatic heterocycles. The molecule has 1 atom stereocenters. The number of para-hydroxylation sites is 6. The van der Waals surface area contributed by atoms with Crippen LogP contribution in [0.4, 0.5) is 11.4 Å². The molecule has 0 saturated heterocycles. The normalized spacial score (nSPS) is 14.4. The predicted octanol–water partition coefficient (Wildman–Crippen LogP) is 15.1. The minimum atomic E-state index is 0.236. The summed E-state index contributed by atoms with van der Waals surface area (Å²) in [6.07, 6.45) is 3.41. The van der Waals surface area contributed by atoms with Crippen molar-refractivity contribution in [1.29, 1.82) is 0 Å². The minimum absolute atomic E-state index is 0.236. The van der Waals surface area contributed by atoms with Crippen LogP contribution in [0.15, 0.2) is 218 Å². The molecule has 0 bridgehead atoms. The van der Waals surface area contributed by atoms with E-state index in [1.54, 1.807) is 0 Å². The Kier molecular flexibility index (Phi) is 7.48. The summed E-state index contributed by atoms with van der Waals surface area (Å²) in [7, 11) is 0. The maximum Gasteiger partial charge on any atom is 0.0788 e. The molecule has 0 radical (unpaired) electrons. The molecule has 64 heavy (non-hydrogen) atoms. The number of hydrogen-bond donors (Lipinski definition) is 0. The first kappa shape index (κ1) is 35.3. The van der Waals surface area contributed by atoms with Crippen LogP contribution in [-0.4, -0.2) is 19.7 Å². The molecule has 0 fully saturated rings. The van der Waals surface area contributed by atoms with Crippen LogP contribution in [0.25, 0.3) is 94.4 Å². The van der Waals surface area contributed by atoms with E-state index in [0.717, 1.165) is 17.8 Å². The average molecular weight is 817 g/mol. The summed E-state index contributed by atoms with van der Waals surface area (Å²) in [6.45, 7) is 0. The number of hydrogen-bond acceptors (Lipinski definition) is 1. The van der Waals surface area contributed by atoms with E-state index in [4.69, 9.17) is 0 Å². The van der Waals surface area contributed by atoms with Crippen molar-refractivity contribution in [3.63, 3.8) is 0 Å². The van der Waals surface area contributed by atoms with E-state index in [9.17, 15) is 0 Å². The van der Waals surface area contributed by atoms with Crippen molar-refractivity contribution in [3.8, 4) is 28.2 Å². The molecule has 0 amide bonds. The quantitative estimate of drug-likeness (QED) is 0.169. The summed E-state index contributed by atoms with van der Waals surface area (Å²) in [5.74, 6) is 0. The van der Waals surface area contributed by atoms with E-state index in [0.29, 0.717) is 0 Å². The smallest absolute Gasteiger partial charge is 0.0788 e. The number of benzene rings is 9. The average Bonchev–Trinajstić information content (AvgIpc) is 4.09.